The van der Waals surface area contributed by atoms with Crippen LogP contribution in [-0.4, -0.2) is 19.0 Å². The Hall–Kier alpha value is -3.86. The average Bonchev–Trinajstić information content (AvgIpc) is 2.79. The predicted molar refractivity (Wildman–Crippen MR) is 122 cm³/mol. The third-order valence-electron chi connectivity index (χ3n) is 4.75. The van der Waals surface area contributed by atoms with Gasteiger partial charge in [0, 0.05) is 17.3 Å². The van der Waals surface area contributed by atoms with Crippen molar-refractivity contribution in [1.82, 2.24) is 0 Å². The lowest BCUT2D eigenvalue weighted by molar-refractivity contribution is -0.149. The van der Waals surface area contributed by atoms with E-state index < -0.39 is 18.0 Å². The van der Waals surface area contributed by atoms with Crippen molar-refractivity contribution in [1.29, 1.82) is 0 Å². The number of amides is 1. The highest BCUT2D eigenvalue weighted by atomic mass is 16.5. The summed E-state index contributed by atoms with van der Waals surface area (Å²) in [6.07, 6.45) is 1.86. The zero-order chi connectivity index (χ0) is 22.2. The number of aryl methyl sites for hydroxylation is 2. The molecule has 0 unspecified atom stereocenters. The molecule has 3 aromatic rings. The van der Waals surface area contributed by atoms with Crippen LogP contribution in [0.5, 0.6) is 5.75 Å². The lowest BCUT2D eigenvalue weighted by atomic mass is 10.1. The molecule has 0 aliphatic rings. The monoisotopic (exact) mass is 415 g/mol. The second-order valence-corrected chi connectivity index (χ2v) is 7.14. The number of anilines is 1. The summed E-state index contributed by atoms with van der Waals surface area (Å²) in [5.41, 5.74) is 4.05. The number of carbonyl (C=O) groups excluding carboxylic acids is 2. The third-order valence-corrected chi connectivity index (χ3v) is 4.75. The van der Waals surface area contributed by atoms with Crippen molar-refractivity contribution < 1.29 is 19.1 Å². The predicted octanol–water partition coefficient (Wildman–Crippen LogP) is 5.25. The molecule has 5 nitrogen and oxygen atoms in total. The first-order valence-electron chi connectivity index (χ1n) is 9.92. The van der Waals surface area contributed by atoms with E-state index in [4.69, 9.17) is 9.47 Å². The number of methoxy groups -OCH3 is 1. The molecule has 158 valence electrons. The van der Waals surface area contributed by atoms with Gasteiger partial charge in [0.25, 0.3) is 5.91 Å². The Bertz CT molecular complexity index is 1070. The molecule has 0 fully saturated rings. The normalized spacial score (nSPS) is 11.7. The molecule has 5 heteroatoms. The van der Waals surface area contributed by atoms with E-state index >= 15 is 0 Å². The van der Waals surface area contributed by atoms with Crippen molar-refractivity contribution in [3.05, 3.63) is 101 Å². The Labute approximate surface area is 182 Å². The zero-order valence-electron chi connectivity index (χ0n) is 17.8. The zero-order valence-corrected chi connectivity index (χ0v) is 17.8. The van der Waals surface area contributed by atoms with Crippen LogP contribution in [0.15, 0.2) is 78.9 Å². The van der Waals surface area contributed by atoms with Gasteiger partial charge in [0.15, 0.2) is 0 Å². The first kappa shape index (κ1) is 21.8. The van der Waals surface area contributed by atoms with Crippen LogP contribution in [0, 0.1) is 13.8 Å². The van der Waals surface area contributed by atoms with E-state index in [1.54, 1.807) is 49.6 Å². The van der Waals surface area contributed by atoms with Crippen molar-refractivity contribution in [2.24, 2.45) is 0 Å². The molecule has 0 radical (unpaired) electrons. The van der Waals surface area contributed by atoms with Crippen molar-refractivity contribution in [3.8, 4) is 5.75 Å². The second-order valence-electron chi connectivity index (χ2n) is 7.14. The maximum atomic E-state index is 13.0. The van der Waals surface area contributed by atoms with Gasteiger partial charge in [0.1, 0.15) is 5.75 Å². The van der Waals surface area contributed by atoms with E-state index in [1.807, 2.05) is 50.2 Å². The second kappa shape index (κ2) is 10.3. The Morgan fingerprint density at radius 3 is 2.32 bits per heavy atom. The van der Waals surface area contributed by atoms with Crippen LogP contribution in [0.4, 0.5) is 5.69 Å². The molecule has 1 atom stereocenters. The maximum Gasteiger partial charge on any atom is 0.331 e. The summed E-state index contributed by atoms with van der Waals surface area (Å²) < 4.78 is 10.7. The van der Waals surface area contributed by atoms with Gasteiger partial charge in [0.2, 0.25) is 6.10 Å². The van der Waals surface area contributed by atoms with E-state index in [2.05, 4.69) is 5.32 Å². The Balaban J connectivity index is 1.77. The van der Waals surface area contributed by atoms with E-state index in [0.717, 1.165) is 22.4 Å². The first-order chi connectivity index (χ1) is 15.0. The van der Waals surface area contributed by atoms with Crippen LogP contribution in [0.3, 0.4) is 0 Å². The molecule has 0 aliphatic carbocycles. The van der Waals surface area contributed by atoms with Gasteiger partial charge in [-0.2, -0.15) is 0 Å². The SMILES string of the molecule is COc1ccc(/C=C/C(=O)O[C@H](C(=O)Nc2cc(C)ccc2C)c2ccccc2)cc1. The Morgan fingerprint density at radius 2 is 1.65 bits per heavy atom. The lowest BCUT2D eigenvalue weighted by Gasteiger charge is -2.18. The fourth-order valence-corrected chi connectivity index (χ4v) is 3.00. The van der Waals surface area contributed by atoms with Gasteiger partial charge < -0.3 is 14.8 Å². The third kappa shape index (κ3) is 6.06. The molecule has 0 spiro atoms. The van der Waals surface area contributed by atoms with Crippen LogP contribution in [0.2, 0.25) is 0 Å². The summed E-state index contributed by atoms with van der Waals surface area (Å²) in [6, 6.07) is 22.0. The molecular formula is C26H25NO4. The van der Waals surface area contributed by atoms with E-state index in [9.17, 15) is 9.59 Å². The van der Waals surface area contributed by atoms with Gasteiger partial charge in [-0.05, 0) is 54.8 Å². The highest BCUT2D eigenvalue weighted by Gasteiger charge is 2.24. The highest BCUT2D eigenvalue weighted by molar-refractivity contribution is 5.98. The van der Waals surface area contributed by atoms with Crippen molar-refractivity contribution >= 4 is 23.6 Å². The number of carbonyl (C=O) groups is 2. The van der Waals surface area contributed by atoms with Gasteiger partial charge in [-0.1, -0.05) is 54.6 Å². The van der Waals surface area contributed by atoms with Gasteiger partial charge in [0.05, 0.1) is 7.11 Å². The molecule has 1 N–H and O–H groups in total. The van der Waals surface area contributed by atoms with Crippen LogP contribution in [-0.2, 0) is 14.3 Å². The minimum Gasteiger partial charge on any atom is -0.497 e. The molecule has 0 aromatic heterocycles. The molecular weight excluding hydrogens is 390 g/mol. The molecule has 1 amide bonds. The number of benzene rings is 3. The molecule has 0 heterocycles. The average molecular weight is 415 g/mol. The van der Waals surface area contributed by atoms with Crippen molar-refractivity contribution in [2.75, 3.05) is 12.4 Å². The minimum absolute atomic E-state index is 0.411. The number of hydrogen-bond donors (Lipinski definition) is 1. The summed E-state index contributed by atoms with van der Waals surface area (Å²) in [5, 5.41) is 2.89. The van der Waals surface area contributed by atoms with E-state index in [-0.39, 0.29) is 0 Å². The van der Waals surface area contributed by atoms with E-state index in [0.29, 0.717) is 11.3 Å². The first-order valence-corrected chi connectivity index (χ1v) is 9.92. The van der Waals surface area contributed by atoms with Gasteiger partial charge in [-0.15, -0.1) is 0 Å². The fourth-order valence-electron chi connectivity index (χ4n) is 3.00. The highest BCUT2D eigenvalue weighted by Crippen LogP contribution is 2.23. The quantitative estimate of drug-likeness (QED) is 0.423. The molecule has 0 aliphatic heterocycles. The Morgan fingerprint density at radius 1 is 0.935 bits per heavy atom. The summed E-state index contributed by atoms with van der Waals surface area (Å²) >= 11 is 0. The summed E-state index contributed by atoms with van der Waals surface area (Å²) in [5.74, 6) is -0.293. The molecule has 0 saturated heterocycles. The molecule has 0 bridgehead atoms. The van der Waals surface area contributed by atoms with E-state index in [1.165, 1.54) is 6.08 Å². The van der Waals surface area contributed by atoms with Crippen molar-refractivity contribution in [3.63, 3.8) is 0 Å². The standard InChI is InChI=1S/C26H25NO4/c1-18-9-10-19(2)23(17-18)27-26(29)25(21-7-5-4-6-8-21)31-24(28)16-13-20-11-14-22(30-3)15-12-20/h4-17,25H,1-3H3,(H,27,29)/b16-13+/t25-/m0/s1. The fraction of sp³-hybridized carbons (Fsp3) is 0.154. The molecule has 0 saturated carbocycles. The molecule has 3 aromatic carbocycles. The molecule has 3 rings (SSSR count). The van der Waals surface area contributed by atoms with Crippen LogP contribution in [0.25, 0.3) is 6.08 Å². The number of hydrogen-bond acceptors (Lipinski definition) is 4. The number of rotatable bonds is 7. The minimum atomic E-state index is -1.07. The van der Waals surface area contributed by atoms with Crippen LogP contribution in [0.1, 0.15) is 28.4 Å². The largest absolute Gasteiger partial charge is 0.497 e. The topological polar surface area (TPSA) is 64.6 Å². The van der Waals surface area contributed by atoms with Gasteiger partial charge in [-0.25, -0.2) is 4.79 Å². The summed E-state index contributed by atoms with van der Waals surface area (Å²) in [4.78, 5) is 25.5. The summed E-state index contributed by atoms with van der Waals surface area (Å²) in [7, 11) is 1.59. The van der Waals surface area contributed by atoms with Gasteiger partial charge >= 0.3 is 5.97 Å². The van der Waals surface area contributed by atoms with Crippen LogP contribution < -0.4 is 10.1 Å². The summed E-state index contributed by atoms with van der Waals surface area (Å²) in [6.45, 7) is 3.87. The molecule has 31 heavy (non-hydrogen) atoms. The number of ether oxygens (including phenoxy) is 2. The van der Waals surface area contributed by atoms with Gasteiger partial charge in [-0.3, -0.25) is 4.79 Å². The van der Waals surface area contributed by atoms with Crippen LogP contribution >= 0.6 is 0 Å². The van der Waals surface area contributed by atoms with Crippen molar-refractivity contribution in [2.45, 2.75) is 20.0 Å². The number of nitrogens with one attached hydrogen (secondary N) is 1. The smallest absolute Gasteiger partial charge is 0.331 e. The Kier molecular flexibility index (Phi) is 7.22. The lowest BCUT2D eigenvalue weighted by Crippen LogP contribution is -2.25. The number of esters is 1. The maximum absolute atomic E-state index is 13.0.